The van der Waals surface area contributed by atoms with Gasteiger partial charge in [-0.15, -0.1) is 0 Å². The normalized spacial score (nSPS) is 21.1. The van der Waals surface area contributed by atoms with Crippen LogP contribution in [0.1, 0.15) is 40.7 Å². The fraction of sp³-hybridized carbons (Fsp3) is 0.318. The van der Waals surface area contributed by atoms with Gasteiger partial charge in [-0.3, -0.25) is 4.79 Å². The molecule has 3 aromatic rings. The van der Waals surface area contributed by atoms with Crippen molar-refractivity contribution in [3.63, 3.8) is 0 Å². The highest BCUT2D eigenvalue weighted by Crippen LogP contribution is 2.38. The van der Waals surface area contributed by atoms with Crippen LogP contribution in [0.15, 0.2) is 41.3 Å². The zero-order valence-electron chi connectivity index (χ0n) is 16.5. The number of hydrogen-bond acceptors (Lipinski definition) is 5. The zero-order chi connectivity index (χ0) is 21.9. The third kappa shape index (κ3) is 3.34. The van der Waals surface area contributed by atoms with E-state index in [1.54, 1.807) is 21.6 Å². The number of aromatic nitrogens is 2. The summed E-state index contributed by atoms with van der Waals surface area (Å²) >= 11 is 0. The van der Waals surface area contributed by atoms with Crippen LogP contribution in [0.3, 0.4) is 0 Å². The summed E-state index contributed by atoms with van der Waals surface area (Å²) < 4.78 is 30.0. The predicted molar refractivity (Wildman–Crippen MR) is 111 cm³/mol. The van der Waals surface area contributed by atoms with Crippen molar-refractivity contribution in [2.75, 3.05) is 18.0 Å². The molecule has 3 heterocycles. The highest BCUT2D eigenvalue weighted by atomic mass is 19.1. The molecule has 2 fully saturated rings. The lowest BCUT2D eigenvalue weighted by Crippen LogP contribution is -2.29. The van der Waals surface area contributed by atoms with E-state index in [9.17, 15) is 19.1 Å². The SMILES string of the molecule is N[C@@H]1CN(c2nc3c(cc2F)c(=O)c(C(=O)O)cn3C2CC2)C[C@H]1c1ccc(F)cc1. The maximum Gasteiger partial charge on any atom is 0.341 e. The van der Waals surface area contributed by atoms with Crippen molar-refractivity contribution in [2.45, 2.75) is 30.8 Å². The second kappa shape index (κ2) is 7.12. The molecule has 1 aliphatic heterocycles. The smallest absolute Gasteiger partial charge is 0.341 e. The van der Waals surface area contributed by atoms with Crippen molar-refractivity contribution in [1.82, 2.24) is 9.55 Å². The summed E-state index contributed by atoms with van der Waals surface area (Å²) in [5, 5.41) is 9.31. The monoisotopic (exact) mass is 426 g/mol. The molecule has 2 aliphatic rings. The Morgan fingerprint density at radius 2 is 1.87 bits per heavy atom. The average molecular weight is 426 g/mol. The third-order valence-corrected chi connectivity index (χ3v) is 6.07. The van der Waals surface area contributed by atoms with Crippen LogP contribution in [0.25, 0.3) is 11.0 Å². The van der Waals surface area contributed by atoms with E-state index in [4.69, 9.17) is 5.73 Å². The van der Waals surface area contributed by atoms with Gasteiger partial charge in [-0.05, 0) is 36.6 Å². The largest absolute Gasteiger partial charge is 0.477 e. The zero-order valence-corrected chi connectivity index (χ0v) is 16.5. The molecule has 3 N–H and O–H groups in total. The Morgan fingerprint density at radius 3 is 2.52 bits per heavy atom. The van der Waals surface area contributed by atoms with Gasteiger partial charge in [-0.25, -0.2) is 18.6 Å². The van der Waals surface area contributed by atoms with E-state index in [1.807, 2.05) is 0 Å². The van der Waals surface area contributed by atoms with Gasteiger partial charge in [0.1, 0.15) is 17.0 Å². The topological polar surface area (TPSA) is 101 Å². The van der Waals surface area contributed by atoms with Crippen molar-refractivity contribution in [3.05, 3.63) is 69.5 Å². The van der Waals surface area contributed by atoms with Crippen LogP contribution in [0.4, 0.5) is 14.6 Å². The van der Waals surface area contributed by atoms with E-state index in [0.717, 1.165) is 24.5 Å². The molecule has 1 saturated heterocycles. The molecular weight excluding hydrogens is 406 g/mol. The quantitative estimate of drug-likeness (QED) is 0.665. The molecule has 1 aromatic carbocycles. The van der Waals surface area contributed by atoms with E-state index < -0.39 is 22.8 Å². The summed E-state index contributed by atoms with van der Waals surface area (Å²) in [6, 6.07) is 6.89. The number of nitrogens with two attached hydrogens (primary N) is 1. The summed E-state index contributed by atoms with van der Waals surface area (Å²) in [4.78, 5) is 30.3. The van der Waals surface area contributed by atoms with E-state index in [0.29, 0.717) is 13.1 Å². The van der Waals surface area contributed by atoms with Gasteiger partial charge in [0.15, 0.2) is 11.6 Å². The number of fused-ring (bicyclic) bond motifs is 1. The van der Waals surface area contributed by atoms with Gasteiger partial charge in [0.25, 0.3) is 0 Å². The second-order valence-corrected chi connectivity index (χ2v) is 8.21. The summed E-state index contributed by atoms with van der Waals surface area (Å²) in [6.45, 7) is 0.738. The molecule has 0 unspecified atom stereocenters. The number of hydrogen-bond donors (Lipinski definition) is 2. The predicted octanol–water partition coefficient (Wildman–Crippen LogP) is 2.64. The molecule has 9 heteroatoms. The number of rotatable bonds is 4. The molecule has 0 radical (unpaired) electrons. The number of nitrogens with zero attached hydrogens (tertiary/aromatic N) is 3. The van der Waals surface area contributed by atoms with Crippen molar-refractivity contribution < 1.29 is 18.7 Å². The van der Waals surface area contributed by atoms with Crippen LogP contribution >= 0.6 is 0 Å². The van der Waals surface area contributed by atoms with Crippen molar-refractivity contribution >= 4 is 22.8 Å². The summed E-state index contributed by atoms with van der Waals surface area (Å²) in [6.07, 6.45) is 2.98. The van der Waals surface area contributed by atoms with Gasteiger partial charge in [-0.2, -0.15) is 0 Å². The number of pyridine rings is 2. The fourth-order valence-corrected chi connectivity index (χ4v) is 4.31. The van der Waals surface area contributed by atoms with Gasteiger partial charge < -0.3 is 20.3 Å². The first-order chi connectivity index (χ1) is 14.8. The van der Waals surface area contributed by atoms with E-state index in [-0.39, 0.29) is 40.7 Å². The highest BCUT2D eigenvalue weighted by molar-refractivity contribution is 5.92. The van der Waals surface area contributed by atoms with E-state index >= 15 is 4.39 Å². The third-order valence-electron chi connectivity index (χ3n) is 6.07. The molecule has 2 aromatic heterocycles. The highest BCUT2D eigenvalue weighted by Gasteiger charge is 2.34. The van der Waals surface area contributed by atoms with Crippen molar-refractivity contribution in [2.24, 2.45) is 5.73 Å². The van der Waals surface area contributed by atoms with Gasteiger partial charge in [0, 0.05) is 37.3 Å². The number of carboxylic acid groups (broad SMARTS) is 1. The maximum absolute atomic E-state index is 15.1. The summed E-state index contributed by atoms with van der Waals surface area (Å²) in [5.74, 6) is -2.45. The molecule has 31 heavy (non-hydrogen) atoms. The number of aromatic carboxylic acids is 1. The summed E-state index contributed by atoms with van der Waals surface area (Å²) in [5.41, 5.74) is 6.28. The number of halogens is 2. The fourth-order valence-electron chi connectivity index (χ4n) is 4.31. The van der Waals surface area contributed by atoms with Gasteiger partial charge in [0.05, 0.1) is 5.39 Å². The standard InChI is InChI=1S/C22H20F2N4O3/c23-12-3-1-11(2-4-12)15-8-27(10-18(15)25)21-17(24)7-14-19(29)16(22(30)31)9-28(13-5-6-13)20(14)26-21/h1-4,7,9,13,15,18H,5-6,8,10,25H2,(H,30,31)/t15-,18+/m0/s1. The Labute approximate surface area is 175 Å². The summed E-state index contributed by atoms with van der Waals surface area (Å²) in [7, 11) is 0. The number of carbonyl (C=O) groups is 1. The molecule has 0 spiro atoms. The number of carboxylic acids is 1. The van der Waals surface area contributed by atoms with E-state index in [2.05, 4.69) is 4.98 Å². The van der Waals surface area contributed by atoms with Crippen LogP contribution < -0.4 is 16.1 Å². The minimum Gasteiger partial charge on any atom is -0.477 e. The van der Waals surface area contributed by atoms with Gasteiger partial charge in [-0.1, -0.05) is 12.1 Å². The minimum atomic E-state index is -1.35. The number of anilines is 1. The van der Waals surface area contributed by atoms with Crippen molar-refractivity contribution in [1.29, 1.82) is 0 Å². The molecule has 1 aliphatic carbocycles. The lowest BCUT2D eigenvalue weighted by Gasteiger charge is -2.20. The van der Waals surface area contributed by atoms with Crippen LogP contribution in [-0.2, 0) is 0 Å². The molecule has 0 amide bonds. The second-order valence-electron chi connectivity index (χ2n) is 8.21. The van der Waals surface area contributed by atoms with Crippen LogP contribution in [0.5, 0.6) is 0 Å². The van der Waals surface area contributed by atoms with Gasteiger partial charge in [0.2, 0.25) is 5.43 Å². The molecule has 5 rings (SSSR count). The Kier molecular flexibility index (Phi) is 4.51. The molecule has 160 valence electrons. The Balaban J connectivity index is 1.58. The first kappa shape index (κ1) is 19.6. The van der Waals surface area contributed by atoms with Crippen molar-refractivity contribution in [3.8, 4) is 0 Å². The van der Waals surface area contributed by atoms with E-state index in [1.165, 1.54) is 18.3 Å². The minimum absolute atomic E-state index is 0.0415. The molecule has 7 nitrogen and oxygen atoms in total. The van der Waals surface area contributed by atoms with Gasteiger partial charge >= 0.3 is 5.97 Å². The molecule has 1 saturated carbocycles. The first-order valence-electron chi connectivity index (χ1n) is 10.1. The Bertz CT molecular complexity index is 1250. The Morgan fingerprint density at radius 1 is 1.16 bits per heavy atom. The maximum atomic E-state index is 15.1. The lowest BCUT2D eigenvalue weighted by atomic mass is 9.95. The van der Waals surface area contributed by atoms with Crippen LogP contribution in [0.2, 0.25) is 0 Å². The number of benzene rings is 1. The molecule has 0 bridgehead atoms. The van der Waals surface area contributed by atoms with Crippen LogP contribution in [-0.4, -0.2) is 39.8 Å². The Hall–Kier alpha value is -3.33. The lowest BCUT2D eigenvalue weighted by molar-refractivity contribution is 0.0695. The van der Waals surface area contributed by atoms with Crippen LogP contribution in [0, 0.1) is 11.6 Å². The average Bonchev–Trinajstić information content (AvgIpc) is 3.50. The molecular formula is C22H20F2N4O3. The first-order valence-corrected chi connectivity index (χ1v) is 10.1. The molecule has 2 atom stereocenters.